The van der Waals surface area contributed by atoms with Gasteiger partial charge in [0.05, 0.1) is 30.4 Å². The Labute approximate surface area is 172 Å². The van der Waals surface area contributed by atoms with Crippen LogP contribution in [-0.4, -0.2) is 35.2 Å². The van der Waals surface area contributed by atoms with Gasteiger partial charge in [-0.25, -0.2) is 0 Å². The number of nitrogens with one attached hydrogen (secondary N) is 1. The first kappa shape index (κ1) is 20.8. The SMILES string of the molecule is COc1ccc(-c2noc(CCC(=O)Nc3cccc([N+](=O)[O-])c3C)n2)cc1OC. The van der Waals surface area contributed by atoms with Crippen molar-refractivity contribution in [1.29, 1.82) is 0 Å². The molecule has 1 N–H and O–H groups in total. The summed E-state index contributed by atoms with van der Waals surface area (Å²) in [5.41, 5.74) is 1.42. The third kappa shape index (κ3) is 4.54. The Kier molecular flexibility index (Phi) is 6.26. The van der Waals surface area contributed by atoms with E-state index >= 15 is 0 Å². The van der Waals surface area contributed by atoms with Gasteiger partial charge in [-0.1, -0.05) is 11.2 Å². The topological polar surface area (TPSA) is 130 Å². The predicted octanol–water partition coefficient (Wildman–Crippen LogP) is 3.54. The van der Waals surface area contributed by atoms with Crippen LogP contribution in [0, 0.1) is 17.0 Å². The van der Waals surface area contributed by atoms with Crippen LogP contribution in [0.4, 0.5) is 11.4 Å². The van der Waals surface area contributed by atoms with Crippen LogP contribution in [-0.2, 0) is 11.2 Å². The molecule has 0 atom stereocenters. The molecule has 1 heterocycles. The van der Waals surface area contributed by atoms with Gasteiger partial charge in [-0.3, -0.25) is 14.9 Å². The molecule has 3 rings (SSSR count). The highest BCUT2D eigenvalue weighted by Gasteiger charge is 2.16. The number of anilines is 1. The van der Waals surface area contributed by atoms with Crippen LogP contribution in [0.3, 0.4) is 0 Å². The lowest BCUT2D eigenvalue weighted by Crippen LogP contribution is -2.13. The lowest BCUT2D eigenvalue weighted by molar-refractivity contribution is -0.385. The highest BCUT2D eigenvalue weighted by Crippen LogP contribution is 2.31. The lowest BCUT2D eigenvalue weighted by Gasteiger charge is -2.08. The van der Waals surface area contributed by atoms with E-state index in [0.717, 1.165) is 0 Å². The van der Waals surface area contributed by atoms with Crippen molar-refractivity contribution in [3.63, 3.8) is 0 Å². The quantitative estimate of drug-likeness (QED) is 0.439. The van der Waals surface area contributed by atoms with E-state index < -0.39 is 4.92 Å². The maximum atomic E-state index is 12.2. The standard InChI is InChI=1S/C20H20N4O6/c1-12-14(5-4-6-15(12)24(26)27)21-18(25)9-10-19-22-20(23-30-19)13-7-8-16(28-2)17(11-13)29-3/h4-8,11H,9-10H2,1-3H3,(H,21,25). The second-order valence-electron chi connectivity index (χ2n) is 6.34. The van der Waals surface area contributed by atoms with Crippen molar-refractivity contribution in [3.8, 4) is 22.9 Å². The number of hydrogen-bond acceptors (Lipinski definition) is 8. The molecule has 1 amide bonds. The minimum atomic E-state index is -0.487. The van der Waals surface area contributed by atoms with Gasteiger partial charge in [0, 0.05) is 24.5 Å². The smallest absolute Gasteiger partial charge is 0.274 e. The maximum absolute atomic E-state index is 12.2. The van der Waals surface area contributed by atoms with Crippen LogP contribution >= 0.6 is 0 Å². The molecule has 156 valence electrons. The Hall–Kier alpha value is -3.95. The van der Waals surface area contributed by atoms with Crippen LogP contribution in [0.15, 0.2) is 40.9 Å². The van der Waals surface area contributed by atoms with E-state index in [1.807, 2.05) is 0 Å². The fraction of sp³-hybridized carbons (Fsp3) is 0.250. The lowest BCUT2D eigenvalue weighted by atomic mass is 10.1. The number of aryl methyl sites for hydroxylation is 1. The summed E-state index contributed by atoms with van der Waals surface area (Å²) in [6.45, 7) is 1.58. The second-order valence-corrected chi connectivity index (χ2v) is 6.34. The Morgan fingerprint density at radius 1 is 1.20 bits per heavy atom. The maximum Gasteiger partial charge on any atom is 0.274 e. The number of ether oxygens (including phenoxy) is 2. The van der Waals surface area contributed by atoms with Crippen molar-refractivity contribution in [2.75, 3.05) is 19.5 Å². The molecule has 0 saturated heterocycles. The van der Waals surface area contributed by atoms with Crippen LogP contribution in [0.5, 0.6) is 11.5 Å². The molecule has 0 aliphatic carbocycles. The van der Waals surface area contributed by atoms with Crippen LogP contribution < -0.4 is 14.8 Å². The van der Waals surface area contributed by atoms with E-state index in [1.54, 1.807) is 38.3 Å². The van der Waals surface area contributed by atoms with Crippen molar-refractivity contribution in [2.24, 2.45) is 0 Å². The van der Waals surface area contributed by atoms with Gasteiger partial charge in [0.2, 0.25) is 17.6 Å². The molecule has 0 radical (unpaired) electrons. The molecule has 10 nitrogen and oxygen atoms in total. The van der Waals surface area contributed by atoms with E-state index in [-0.39, 0.29) is 24.4 Å². The number of amides is 1. The summed E-state index contributed by atoms with van der Waals surface area (Å²) in [6, 6.07) is 9.76. The zero-order chi connectivity index (χ0) is 21.7. The molecule has 0 aliphatic heterocycles. The van der Waals surface area contributed by atoms with Gasteiger partial charge in [-0.2, -0.15) is 4.98 Å². The van der Waals surface area contributed by atoms with Crippen molar-refractivity contribution in [1.82, 2.24) is 10.1 Å². The van der Waals surface area contributed by atoms with E-state index in [2.05, 4.69) is 15.5 Å². The van der Waals surface area contributed by atoms with E-state index in [4.69, 9.17) is 14.0 Å². The number of hydrogen-bond donors (Lipinski definition) is 1. The van der Waals surface area contributed by atoms with Crippen LogP contribution in [0.2, 0.25) is 0 Å². The van der Waals surface area contributed by atoms with E-state index in [9.17, 15) is 14.9 Å². The van der Waals surface area contributed by atoms with Crippen molar-refractivity contribution in [2.45, 2.75) is 19.8 Å². The molecule has 3 aromatic rings. The first-order valence-electron chi connectivity index (χ1n) is 9.01. The summed E-state index contributed by atoms with van der Waals surface area (Å²) in [4.78, 5) is 27.1. The zero-order valence-corrected chi connectivity index (χ0v) is 16.7. The Morgan fingerprint density at radius 2 is 1.97 bits per heavy atom. The zero-order valence-electron chi connectivity index (χ0n) is 16.7. The van der Waals surface area contributed by atoms with E-state index in [1.165, 1.54) is 19.2 Å². The summed E-state index contributed by atoms with van der Waals surface area (Å²) in [5, 5.41) is 17.6. The van der Waals surface area contributed by atoms with Gasteiger partial charge >= 0.3 is 0 Å². The van der Waals surface area contributed by atoms with Crippen LogP contribution in [0.25, 0.3) is 11.4 Å². The Balaban J connectivity index is 1.64. The van der Waals surface area contributed by atoms with Crippen molar-refractivity contribution < 1.29 is 23.7 Å². The van der Waals surface area contributed by atoms with Gasteiger partial charge in [0.25, 0.3) is 5.69 Å². The predicted molar refractivity (Wildman–Crippen MR) is 108 cm³/mol. The fourth-order valence-corrected chi connectivity index (χ4v) is 2.84. The molecular weight excluding hydrogens is 392 g/mol. The number of rotatable bonds is 8. The first-order valence-corrected chi connectivity index (χ1v) is 9.01. The Bertz CT molecular complexity index is 1080. The van der Waals surface area contributed by atoms with Crippen molar-refractivity contribution in [3.05, 3.63) is 58.0 Å². The molecule has 0 bridgehead atoms. The highest BCUT2D eigenvalue weighted by atomic mass is 16.6. The normalized spacial score (nSPS) is 10.5. The van der Waals surface area contributed by atoms with Gasteiger partial charge in [0.15, 0.2) is 11.5 Å². The summed E-state index contributed by atoms with van der Waals surface area (Å²) >= 11 is 0. The molecule has 10 heteroatoms. The molecular formula is C20H20N4O6. The van der Waals surface area contributed by atoms with Crippen LogP contribution in [0.1, 0.15) is 17.9 Å². The first-order chi connectivity index (χ1) is 14.4. The number of nitro benzene ring substituents is 1. The largest absolute Gasteiger partial charge is 0.493 e. The average Bonchev–Trinajstić information content (AvgIpc) is 3.22. The monoisotopic (exact) mass is 412 g/mol. The molecule has 2 aromatic carbocycles. The number of aromatic nitrogens is 2. The summed E-state index contributed by atoms with van der Waals surface area (Å²) < 4.78 is 15.7. The molecule has 0 aliphatic rings. The van der Waals surface area contributed by atoms with Gasteiger partial charge in [0.1, 0.15) is 0 Å². The number of benzene rings is 2. The van der Waals surface area contributed by atoms with Crippen molar-refractivity contribution >= 4 is 17.3 Å². The number of nitrogens with zero attached hydrogens (tertiary/aromatic N) is 3. The molecule has 0 unspecified atom stereocenters. The molecule has 0 saturated carbocycles. The van der Waals surface area contributed by atoms with Gasteiger partial charge in [-0.05, 0) is 31.2 Å². The fourth-order valence-electron chi connectivity index (χ4n) is 2.84. The molecule has 30 heavy (non-hydrogen) atoms. The second kappa shape index (κ2) is 9.03. The number of carbonyl (C=O) groups excluding carboxylic acids is 1. The number of nitro groups is 1. The summed E-state index contributed by atoms with van der Waals surface area (Å²) in [7, 11) is 3.08. The summed E-state index contributed by atoms with van der Waals surface area (Å²) in [5.74, 6) is 1.46. The number of methoxy groups -OCH3 is 2. The average molecular weight is 412 g/mol. The van der Waals surface area contributed by atoms with Gasteiger partial charge < -0.3 is 19.3 Å². The third-order valence-corrected chi connectivity index (χ3v) is 4.45. The molecule has 1 aromatic heterocycles. The minimum Gasteiger partial charge on any atom is -0.493 e. The summed E-state index contributed by atoms with van der Waals surface area (Å²) in [6.07, 6.45) is 0.301. The highest BCUT2D eigenvalue weighted by molar-refractivity contribution is 5.92. The number of carbonyl (C=O) groups is 1. The third-order valence-electron chi connectivity index (χ3n) is 4.45. The molecule has 0 fully saturated rings. The van der Waals surface area contributed by atoms with Gasteiger partial charge in [-0.15, -0.1) is 0 Å². The Morgan fingerprint density at radius 3 is 2.67 bits per heavy atom. The van der Waals surface area contributed by atoms with E-state index in [0.29, 0.717) is 40.0 Å². The minimum absolute atomic E-state index is 0.0516. The molecule has 0 spiro atoms.